The maximum atomic E-state index is 13.5. The standard InChI is InChI=1S/C35H27ClN2O5/c1-18-3-14-28-26(15-18)27(35(42)43-19(2)32(39)21-6-10-24(36)11-7-21)17-29(37-28)20-8-12-25(13-9-20)38-33(40)30-22-4-5-23(16-22)31(30)34(38)41/h3-15,17,19,22-23,30-31H,16H2,1-2H3. The second-order valence-electron chi connectivity index (χ2n) is 11.6. The maximum absolute atomic E-state index is 13.5. The summed E-state index contributed by atoms with van der Waals surface area (Å²) in [6.07, 6.45) is 4.01. The quantitative estimate of drug-likeness (QED) is 0.109. The molecule has 1 saturated carbocycles. The van der Waals surface area contributed by atoms with Crippen LogP contribution in [0.3, 0.4) is 0 Å². The average molecular weight is 591 g/mol. The Balaban J connectivity index is 1.18. The fourth-order valence-corrected chi connectivity index (χ4v) is 6.85. The highest BCUT2D eigenvalue weighted by Crippen LogP contribution is 2.53. The summed E-state index contributed by atoms with van der Waals surface area (Å²) in [5.74, 6) is -1.50. The van der Waals surface area contributed by atoms with Crippen LogP contribution in [0.5, 0.6) is 0 Å². The number of ether oxygens (including phenoxy) is 1. The fourth-order valence-electron chi connectivity index (χ4n) is 6.72. The Labute approximate surface area is 253 Å². The molecule has 4 aromatic rings. The van der Waals surface area contributed by atoms with E-state index < -0.39 is 12.1 Å². The van der Waals surface area contributed by atoms with E-state index in [1.165, 1.54) is 4.90 Å². The molecule has 0 N–H and O–H groups in total. The molecular weight excluding hydrogens is 564 g/mol. The van der Waals surface area contributed by atoms with Gasteiger partial charge in [0.25, 0.3) is 0 Å². The first-order valence-electron chi connectivity index (χ1n) is 14.3. The first-order chi connectivity index (χ1) is 20.7. The molecule has 0 radical (unpaired) electrons. The van der Waals surface area contributed by atoms with E-state index >= 15 is 0 Å². The highest BCUT2D eigenvalue weighted by molar-refractivity contribution is 6.30. The molecule has 3 aromatic carbocycles. The van der Waals surface area contributed by atoms with Gasteiger partial charge < -0.3 is 4.74 Å². The number of benzene rings is 3. The number of anilines is 1. The number of aryl methyl sites for hydroxylation is 1. The van der Waals surface area contributed by atoms with Crippen molar-refractivity contribution in [3.05, 3.63) is 107 Å². The molecule has 2 fully saturated rings. The molecule has 1 aromatic heterocycles. The minimum atomic E-state index is -1.02. The predicted octanol–water partition coefficient (Wildman–Crippen LogP) is 6.60. The van der Waals surface area contributed by atoms with Crippen molar-refractivity contribution in [2.45, 2.75) is 26.4 Å². The lowest BCUT2D eigenvalue weighted by atomic mass is 9.85. The number of Topliss-reactive ketones (excluding diaryl/α,β-unsaturated/α-hetero) is 1. The number of aromatic nitrogens is 1. The molecule has 5 unspecified atom stereocenters. The van der Waals surface area contributed by atoms with Crippen LogP contribution in [0.1, 0.15) is 39.6 Å². The highest BCUT2D eigenvalue weighted by Gasteiger charge is 2.59. The van der Waals surface area contributed by atoms with E-state index in [9.17, 15) is 19.2 Å². The third-order valence-electron chi connectivity index (χ3n) is 8.86. The summed E-state index contributed by atoms with van der Waals surface area (Å²) in [5.41, 5.74) is 3.96. The zero-order valence-corrected chi connectivity index (χ0v) is 24.2. The zero-order valence-electron chi connectivity index (χ0n) is 23.5. The van der Waals surface area contributed by atoms with Crippen molar-refractivity contribution in [3.8, 4) is 11.3 Å². The molecule has 2 heterocycles. The van der Waals surface area contributed by atoms with Gasteiger partial charge in [-0.1, -0.05) is 47.5 Å². The van der Waals surface area contributed by atoms with Gasteiger partial charge in [0.2, 0.25) is 17.6 Å². The van der Waals surface area contributed by atoms with E-state index in [4.69, 9.17) is 21.3 Å². The van der Waals surface area contributed by atoms with Gasteiger partial charge in [0.15, 0.2) is 6.10 Å². The normalized spacial score (nSPS) is 22.7. The molecule has 2 aliphatic carbocycles. The first kappa shape index (κ1) is 27.2. The molecule has 7 rings (SSSR count). The Hall–Kier alpha value is -4.62. The molecule has 7 nitrogen and oxygen atoms in total. The number of nitrogens with zero attached hydrogens (tertiary/aromatic N) is 2. The van der Waals surface area contributed by atoms with Crippen LogP contribution in [0, 0.1) is 30.6 Å². The molecule has 1 saturated heterocycles. The third-order valence-corrected chi connectivity index (χ3v) is 9.11. The van der Waals surface area contributed by atoms with Crippen molar-refractivity contribution in [2.75, 3.05) is 4.90 Å². The van der Waals surface area contributed by atoms with Crippen LogP contribution < -0.4 is 4.90 Å². The van der Waals surface area contributed by atoms with Crippen molar-refractivity contribution in [1.82, 2.24) is 4.98 Å². The van der Waals surface area contributed by atoms with Gasteiger partial charge in [-0.25, -0.2) is 9.78 Å². The van der Waals surface area contributed by atoms with Gasteiger partial charge >= 0.3 is 5.97 Å². The summed E-state index contributed by atoms with van der Waals surface area (Å²) in [6.45, 7) is 3.46. The number of carbonyl (C=O) groups is 4. The number of allylic oxidation sites excluding steroid dienone is 2. The molecule has 5 atom stereocenters. The fraction of sp³-hybridized carbons (Fsp3) is 0.229. The largest absolute Gasteiger partial charge is 0.451 e. The highest BCUT2D eigenvalue weighted by atomic mass is 35.5. The van der Waals surface area contributed by atoms with E-state index in [-0.39, 0.29) is 46.8 Å². The lowest BCUT2D eigenvalue weighted by molar-refractivity contribution is -0.123. The van der Waals surface area contributed by atoms with Crippen LogP contribution in [-0.2, 0) is 14.3 Å². The maximum Gasteiger partial charge on any atom is 0.339 e. The molecule has 3 aliphatic rings. The summed E-state index contributed by atoms with van der Waals surface area (Å²) < 4.78 is 5.65. The van der Waals surface area contributed by atoms with Crippen molar-refractivity contribution in [3.63, 3.8) is 0 Å². The SMILES string of the molecule is Cc1ccc2nc(-c3ccc(N4C(=O)C5C6C=CC(C6)C5C4=O)cc3)cc(C(=O)OC(C)C(=O)c3ccc(Cl)cc3)c2c1. The van der Waals surface area contributed by atoms with Gasteiger partial charge in [-0.2, -0.15) is 0 Å². The van der Waals surface area contributed by atoms with Crippen LogP contribution in [0.4, 0.5) is 5.69 Å². The van der Waals surface area contributed by atoms with Gasteiger partial charge in [0.1, 0.15) is 0 Å². The Kier molecular flexibility index (Phi) is 6.51. The summed E-state index contributed by atoms with van der Waals surface area (Å²) in [5, 5.41) is 1.12. The monoisotopic (exact) mass is 590 g/mol. The Morgan fingerprint density at radius 2 is 1.56 bits per heavy atom. The molecule has 214 valence electrons. The molecule has 1 aliphatic heterocycles. The van der Waals surface area contributed by atoms with Gasteiger partial charge in [-0.15, -0.1) is 0 Å². The lowest BCUT2D eigenvalue weighted by Gasteiger charge is -2.18. The van der Waals surface area contributed by atoms with Crippen LogP contribution in [0.25, 0.3) is 22.2 Å². The van der Waals surface area contributed by atoms with E-state index in [1.807, 2.05) is 25.1 Å². The number of esters is 1. The number of halogens is 1. The lowest BCUT2D eigenvalue weighted by Crippen LogP contribution is -2.32. The number of pyridine rings is 1. The second-order valence-corrected chi connectivity index (χ2v) is 12.0. The Morgan fingerprint density at radius 1 is 0.907 bits per heavy atom. The van der Waals surface area contributed by atoms with Crippen LogP contribution in [0.15, 0.2) is 84.9 Å². The van der Waals surface area contributed by atoms with Gasteiger partial charge in [-0.3, -0.25) is 19.3 Å². The van der Waals surface area contributed by atoms with Crippen LogP contribution in [0.2, 0.25) is 5.02 Å². The first-order valence-corrected chi connectivity index (χ1v) is 14.7. The van der Waals surface area contributed by atoms with Gasteiger partial charge in [-0.05, 0) is 86.7 Å². The topological polar surface area (TPSA) is 93.6 Å². The van der Waals surface area contributed by atoms with Crippen LogP contribution in [-0.4, -0.2) is 34.7 Å². The second kappa shape index (κ2) is 10.3. The van der Waals surface area contributed by atoms with Gasteiger partial charge in [0.05, 0.1) is 34.3 Å². The smallest absolute Gasteiger partial charge is 0.339 e. The zero-order chi connectivity index (χ0) is 30.0. The molecule has 8 heteroatoms. The minimum absolute atomic E-state index is 0.133. The number of carbonyl (C=O) groups excluding carboxylic acids is 4. The summed E-state index contributed by atoms with van der Waals surface area (Å²) in [7, 11) is 0. The summed E-state index contributed by atoms with van der Waals surface area (Å²) in [6, 6.07) is 20.8. The number of hydrogen-bond donors (Lipinski definition) is 0. The molecule has 2 amide bonds. The summed E-state index contributed by atoms with van der Waals surface area (Å²) in [4.78, 5) is 59.1. The Morgan fingerprint density at radius 3 is 2.21 bits per heavy atom. The van der Waals surface area contributed by atoms with Gasteiger partial charge in [0, 0.05) is 21.5 Å². The number of fused-ring (bicyclic) bond motifs is 6. The number of imide groups is 1. The van der Waals surface area contributed by atoms with E-state index in [0.29, 0.717) is 38.4 Å². The number of hydrogen-bond acceptors (Lipinski definition) is 6. The minimum Gasteiger partial charge on any atom is -0.451 e. The van der Waals surface area contributed by atoms with E-state index in [1.54, 1.807) is 61.5 Å². The number of ketones is 1. The van der Waals surface area contributed by atoms with Crippen LogP contribution >= 0.6 is 11.6 Å². The van der Waals surface area contributed by atoms with Crippen molar-refractivity contribution < 1.29 is 23.9 Å². The molecular formula is C35H27ClN2O5. The third kappa shape index (κ3) is 4.55. The number of amides is 2. The Bertz CT molecular complexity index is 1830. The van der Waals surface area contributed by atoms with Crippen molar-refractivity contribution >= 4 is 51.8 Å². The average Bonchev–Trinajstić information content (AvgIpc) is 3.70. The molecule has 43 heavy (non-hydrogen) atoms. The predicted molar refractivity (Wildman–Crippen MR) is 163 cm³/mol. The summed E-state index contributed by atoms with van der Waals surface area (Å²) >= 11 is 5.94. The number of rotatable bonds is 6. The van der Waals surface area contributed by atoms with Crippen molar-refractivity contribution in [2.24, 2.45) is 23.7 Å². The molecule has 0 spiro atoms. The molecule has 2 bridgehead atoms. The van der Waals surface area contributed by atoms with E-state index in [0.717, 1.165) is 12.0 Å². The van der Waals surface area contributed by atoms with E-state index in [2.05, 4.69) is 12.2 Å². The van der Waals surface area contributed by atoms with Crippen molar-refractivity contribution in [1.29, 1.82) is 0 Å².